The summed E-state index contributed by atoms with van der Waals surface area (Å²) in [7, 11) is 1.65. The average Bonchev–Trinajstić information content (AvgIpc) is 3.43. The van der Waals surface area contributed by atoms with E-state index in [0.717, 1.165) is 42.7 Å². The number of rotatable bonds is 6. The first-order valence-corrected chi connectivity index (χ1v) is 11.5. The molecule has 170 valence electrons. The monoisotopic (exact) mass is 438 g/mol. The normalized spacial score (nSPS) is 27.7. The van der Waals surface area contributed by atoms with Crippen LogP contribution in [0.1, 0.15) is 32.1 Å². The number of ether oxygens (including phenoxy) is 3. The third kappa shape index (κ3) is 4.29. The molecule has 8 nitrogen and oxygen atoms in total. The highest BCUT2D eigenvalue weighted by atomic mass is 16.6. The van der Waals surface area contributed by atoms with E-state index < -0.39 is 0 Å². The third-order valence-corrected chi connectivity index (χ3v) is 6.71. The average molecular weight is 439 g/mol. The minimum atomic E-state index is -0.155. The number of hydrogen-bond donors (Lipinski definition) is 2. The SMILES string of the molecule is COc1ccccc1-c1ccnc(NC2COC3C(NC(=O)C4CCCCC4)COC23)n1. The fourth-order valence-electron chi connectivity index (χ4n) is 5.01. The van der Waals surface area contributed by atoms with E-state index >= 15 is 0 Å². The van der Waals surface area contributed by atoms with E-state index in [9.17, 15) is 4.79 Å². The van der Waals surface area contributed by atoms with Crippen molar-refractivity contribution < 1.29 is 19.0 Å². The van der Waals surface area contributed by atoms with E-state index in [1.165, 1.54) is 6.42 Å². The molecule has 2 aliphatic heterocycles. The van der Waals surface area contributed by atoms with Crippen molar-refractivity contribution in [2.75, 3.05) is 25.6 Å². The Kier molecular flexibility index (Phi) is 6.23. The van der Waals surface area contributed by atoms with Crippen molar-refractivity contribution >= 4 is 11.9 Å². The smallest absolute Gasteiger partial charge is 0.223 e. The maximum atomic E-state index is 12.7. The van der Waals surface area contributed by atoms with Gasteiger partial charge in [0.15, 0.2) is 0 Å². The Balaban J connectivity index is 1.23. The van der Waals surface area contributed by atoms with E-state index in [2.05, 4.69) is 20.6 Å². The predicted octanol–water partition coefficient (Wildman–Crippen LogP) is 2.80. The Morgan fingerprint density at radius 2 is 1.78 bits per heavy atom. The lowest BCUT2D eigenvalue weighted by atomic mass is 9.88. The van der Waals surface area contributed by atoms with Gasteiger partial charge < -0.3 is 24.8 Å². The van der Waals surface area contributed by atoms with Crippen LogP contribution in [0.2, 0.25) is 0 Å². The fraction of sp³-hybridized carbons (Fsp3) is 0.542. The first kappa shape index (κ1) is 21.2. The van der Waals surface area contributed by atoms with E-state index in [-0.39, 0.29) is 36.1 Å². The molecular weight excluding hydrogens is 408 g/mol. The molecule has 1 aromatic heterocycles. The van der Waals surface area contributed by atoms with Gasteiger partial charge in [0.25, 0.3) is 0 Å². The number of benzene rings is 1. The number of anilines is 1. The molecule has 1 aliphatic carbocycles. The molecule has 8 heteroatoms. The molecule has 1 amide bonds. The van der Waals surface area contributed by atoms with Gasteiger partial charge >= 0.3 is 0 Å². The molecule has 2 aromatic rings. The zero-order valence-electron chi connectivity index (χ0n) is 18.3. The number of fused-ring (bicyclic) bond motifs is 1. The summed E-state index contributed by atoms with van der Waals surface area (Å²) in [6.45, 7) is 0.946. The summed E-state index contributed by atoms with van der Waals surface area (Å²) in [5.74, 6) is 1.55. The molecule has 5 rings (SSSR count). The lowest BCUT2D eigenvalue weighted by molar-refractivity contribution is -0.127. The van der Waals surface area contributed by atoms with E-state index in [4.69, 9.17) is 14.2 Å². The summed E-state index contributed by atoms with van der Waals surface area (Å²) in [5, 5.41) is 6.56. The second-order valence-corrected chi connectivity index (χ2v) is 8.76. The van der Waals surface area contributed by atoms with Crippen LogP contribution in [-0.2, 0) is 14.3 Å². The number of nitrogens with one attached hydrogen (secondary N) is 2. The van der Waals surface area contributed by atoms with Crippen molar-refractivity contribution in [1.29, 1.82) is 0 Å². The van der Waals surface area contributed by atoms with Gasteiger partial charge in [0.05, 0.1) is 38.1 Å². The Morgan fingerprint density at radius 1 is 1.03 bits per heavy atom. The molecular formula is C24H30N4O4. The number of nitrogens with zero attached hydrogens (tertiary/aromatic N) is 2. The second kappa shape index (κ2) is 9.42. The van der Waals surface area contributed by atoms with E-state index in [1.807, 2.05) is 30.3 Å². The van der Waals surface area contributed by atoms with Crippen LogP contribution < -0.4 is 15.4 Å². The third-order valence-electron chi connectivity index (χ3n) is 6.71. The number of amides is 1. The van der Waals surface area contributed by atoms with Crippen molar-refractivity contribution in [1.82, 2.24) is 15.3 Å². The maximum absolute atomic E-state index is 12.7. The molecule has 0 radical (unpaired) electrons. The van der Waals surface area contributed by atoms with Crippen molar-refractivity contribution in [3.63, 3.8) is 0 Å². The predicted molar refractivity (Wildman–Crippen MR) is 119 cm³/mol. The van der Waals surface area contributed by atoms with E-state index in [0.29, 0.717) is 19.2 Å². The molecule has 0 spiro atoms. The van der Waals surface area contributed by atoms with Crippen LogP contribution in [0.4, 0.5) is 5.95 Å². The highest BCUT2D eigenvalue weighted by Gasteiger charge is 2.48. The first-order chi connectivity index (χ1) is 15.7. The quantitative estimate of drug-likeness (QED) is 0.716. The highest BCUT2D eigenvalue weighted by molar-refractivity contribution is 5.79. The van der Waals surface area contributed by atoms with Crippen LogP contribution in [0.5, 0.6) is 5.75 Å². The molecule has 2 saturated heterocycles. The van der Waals surface area contributed by atoms with Gasteiger partial charge in [-0.25, -0.2) is 9.97 Å². The summed E-state index contributed by atoms with van der Waals surface area (Å²) in [6, 6.07) is 9.44. The number of para-hydroxylation sites is 1. The van der Waals surface area contributed by atoms with Gasteiger partial charge in [0, 0.05) is 17.7 Å². The number of aromatic nitrogens is 2. The second-order valence-electron chi connectivity index (χ2n) is 8.76. The topological polar surface area (TPSA) is 94.6 Å². The zero-order valence-corrected chi connectivity index (χ0v) is 18.3. The van der Waals surface area contributed by atoms with Crippen LogP contribution >= 0.6 is 0 Å². The zero-order chi connectivity index (χ0) is 21.9. The van der Waals surface area contributed by atoms with Gasteiger partial charge in [-0.2, -0.15) is 0 Å². The molecule has 3 heterocycles. The molecule has 32 heavy (non-hydrogen) atoms. The van der Waals surface area contributed by atoms with Gasteiger partial charge in [-0.1, -0.05) is 31.4 Å². The van der Waals surface area contributed by atoms with Crippen molar-refractivity contribution in [2.24, 2.45) is 5.92 Å². The summed E-state index contributed by atoms with van der Waals surface area (Å²) < 4.78 is 17.5. The number of methoxy groups -OCH3 is 1. The summed E-state index contributed by atoms with van der Waals surface area (Å²) in [5.41, 5.74) is 1.68. The summed E-state index contributed by atoms with van der Waals surface area (Å²) in [4.78, 5) is 21.7. The van der Waals surface area contributed by atoms with Gasteiger partial charge in [0.2, 0.25) is 11.9 Å². The molecule has 4 atom stereocenters. The Bertz CT molecular complexity index is 949. The number of carbonyl (C=O) groups is 1. The van der Waals surface area contributed by atoms with Crippen LogP contribution in [0.3, 0.4) is 0 Å². The molecule has 4 unspecified atom stereocenters. The Morgan fingerprint density at radius 3 is 2.59 bits per heavy atom. The lowest BCUT2D eigenvalue weighted by Crippen LogP contribution is -2.47. The number of carbonyl (C=O) groups excluding carboxylic acids is 1. The van der Waals surface area contributed by atoms with Gasteiger partial charge in [-0.15, -0.1) is 0 Å². The van der Waals surface area contributed by atoms with Gasteiger partial charge in [-0.05, 0) is 31.0 Å². The molecule has 1 aromatic carbocycles. The highest BCUT2D eigenvalue weighted by Crippen LogP contribution is 2.31. The molecule has 3 fully saturated rings. The van der Waals surface area contributed by atoms with Crippen LogP contribution in [0, 0.1) is 5.92 Å². The van der Waals surface area contributed by atoms with Crippen LogP contribution in [-0.4, -0.2) is 60.5 Å². The first-order valence-electron chi connectivity index (χ1n) is 11.5. The molecule has 3 aliphatic rings. The van der Waals surface area contributed by atoms with E-state index in [1.54, 1.807) is 13.3 Å². The minimum absolute atomic E-state index is 0.0792. The molecule has 0 bridgehead atoms. The van der Waals surface area contributed by atoms with Crippen LogP contribution in [0.15, 0.2) is 36.5 Å². The largest absolute Gasteiger partial charge is 0.496 e. The van der Waals surface area contributed by atoms with Crippen molar-refractivity contribution in [3.8, 4) is 17.0 Å². The van der Waals surface area contributed by atoms with Gasteiger partial charge in [-0.3, -0.25) is 4.79 Å². The number of hydrogen-bond acceptors (Lipinski definition) is 7. The van der Waals surface area contributed by atoms with Crippen molar-refractivity contribution in [3.05, 3.63) is 36.5 Å². The lowest BCUT2D eigenvalue weighted by Gasteiger charge is -2.24. The summed E-state index contributed by atoms with van der Waals surface area (Å²) >= 11 is 0. The molecule has 1 saturated carbocycles. The Hall–Kier alpha value is -2.71. The van der Waals surface area contributed by atoms with Gasteiger partial charge in [0.1, 0.15) is 18.0 Å². The Labute approximate surface area is 188 Å². The summed E-state index contributed by atoms with van der Waals surface area (Å²) in [6.07, 6.45) is 6.91. The molecule has 2 N–H and O–H groups in total. The van der Waals surface area contributed by atoms with Crippen LogP contribution in [0.25, 0.3) is 11.3 Å². The standard InChI is InChI=1S/C24H30N4O4/c1-30-20-10-6-5-9-16(20)17-11-12-25-24(27-17)28-19-14-32-21-18(13-31-22(19)21)26-23(29)15-7-3-2-4-8-15/h5-6,9-12,15,18-19,21-22H,2-4,7-8,13-14H2,1H3,(H,26,29)(H,25,27,28). The maximum Gasteiger partial charge on any atom is 0.223 e. The minimum Gasteiger partial charge on any atom is -0.496 e. The fourth-order valence-corrected chi connectivity index (χ4v) is 5.01. The van der Waals surface area contributed by atoms with Crippen molar-refractivity contribution in [2.45, 2.75) is 56.4 Å².